The average molecular weight is 467 g/mol. The van der Waals surface area contributed by atoms with Crippen LogP contribution in [0.5, 0.6) is 5.75 Å². The smallest absolute Gasteiger partial charge is 0.406 e. The molecule has 3 N–H and O–H groups in total. The Morgan fingerprint density at radius 3 is 1.82 bits per heavy atom. The van der Waals surface area contributed by atoms with Crippen molar-refractivity contribution in [3.8, 4) is 5.75 Å². The number of ether oxygens (including phenoxy) is 1. The van der Waals surface area contributed by atoms with Gasteiger partial charge in [0, 0.05) is 42.1 Å². The molecule has 0 spiro atoms. The summed E-state index contributed by atoms with van der Waals surface area (Å²) in [6.45, 7) is 9.71. The van der Waals surface area contributed by atoms with E-state index in [2.05, 4.69) is 53.3 Å². The largest absolute Gasteiger partial charge is 0.573 e. The molecule has 0 saturated carbocycles. The number of alkyl halides is 3. The molecule has 3 amide bonds. The fraction of sp³-hybridized carbons (Fsp3) is 0.391. The minimum Gasteiger partial charge on any atom is -0.406 e. The van der Waals surface area contributed by atoms with Crippen molar-refractivity contribution in [1.29, 1.82) is 0 Å². The minimum absolute atomic E-state index is 0.209. The van der Waals surface area contributed by atoms with Crippen LogP contribution in [0.25, 0.3) is 0 Å². The van der Waals surface area contributed by atoms with Crippen molar-refractivity contribution < 1.29 is 27.5 Å². The predicted molar refractivity (Wildman–Crippen MR) is 122 cm³/mol. The van der Waals surface area contributed by atoms with Gasteiger partial charge in [-0.2, -0.15) is 0 Å². The van der Waals surface area contributed by atoms with Crippen LogP contribution in [0, 0.1) is 0 Å². The Morgan fingerprint density at radius 2 is 1.36 bits per heavy atom. The van der Waals surface area contributed by atoms with Crippen molar-refractivity contribution in [3.63, 3.8) is 0 Å². The number of hydrogen-bond donors (Lipinski definition) is 3. The second kappa shape index (κ2) is 11.6. The fourth-order valence-electron chi connectivity index (χ4n) is 3.25. The van der Waals surface area contributed by atoms with Crippen LogP contribution in [0.3, 0.4) is 0 Å². The highest BCUT2D eigenvalue weighted by atomic mass is 19.4. The Balaban J connectivity index is 1.83. The first-order chi connectivity index (χ1) is 15.4. The molecule has 2 aromatic rings. The second-order valence-electron chi connectivity index (χ2n) is 7.91. The third-order valence-electron chi connectivity index (χ3n) is 4.73. The van der Waals surface area contributed by atoms with Crippen LogP contribution >= 0.6 is 0 Å². The molecule has 0 heterocycles. The quantitative estimate of drug-likeness (QED) is 0.482. The highest BCUT2D eigenvalue weighted by molar-refractivity contribution is 6.00. The standard InChI is InChI=1S/C23H29F3N4O3/c1-15(2)30(16(3)4)14-13-27-21(31)17-5-7-18(8-6-17)28-22(32)29-19-9-11-20(12-10-19)33-23(24,25)26/h5-12,15-16H,13-14H2,1-4H3,(H,27,31)(H2,28,29,32). The van der Waals surface area contributed by atoms with Crippen LogP contribution in [0.15, 0.2) is 48.5 Å². The molecule has 10 heteroatoms. The molecule has 180 valence electrons. The Hall–Kier alpha value is -3.27. The van der Waals surface area contributed by atoms with Crippen molar-refractivity contribution in [2.24, 2.45) is 0 Å². The Kier molecular flexibility index (Phi) is 9.10. The van der Waals surface area contributed by atoms with Gasteiger partial charge in [0.25, 0.3) is 5.91 Å². The van der Waals surface area contributed by atoms with Crippen LogP contribution < -0.4 is 20.7 Å². The number of nitrogens with one attached hydrogen (secondary N) is 3. The summed E-state index contributed by atoms with van der Waals surface area (Å²) in [4.78, 5) is 26.7. The molecular weight excluding hydrogens is 437 g/mol. The zero-order chi connectivity index (χ0) is 24.6. The van der Waals surface area contributed by atoms with Gasteiger partial charge < -0.3 is 20.7 Å². The molecule has 0 saturated heterocycles. The maximum absolute atomic E-state index is 12.3. The van der Waals surface area contributed by atoms with Crippen LogP contribution in [-0.4, -0.2) is 48.4 Å². The molecule has 2 rings (SSSR count). The van der Waals surface area contributed by atoms with Crippen molar-refractivity contribution in [2.75, 3.05) is 23.7 Å². The van der Waals surface area contributed by atoms with Gasteiger partial charge in [0.15, 0.2) is 0 Å². The van der Waals surface area contributed by atoms with E-state index in [9.17, 15) is 22.8 Å². The summed E-state index contributed by atoms with van der Waals surface area (Å²) in [6.07, 6.45) is -4.78. The number of urea groups is 1. The van der Waals surface area contributed by atoms with Gasteiger partial charge in [0.1, 0.15) is 5.75 Å². The van der Waals surface area contributed by atoms with Crippen molar-refractivity contribution in [1.82, 2.24) is 10.2 Å². The maximum atomic E-state index is 12.3. The summed E-state index contributed by atoms with van der Waals surface area (Å²) in [5.74, 6) is -0.594. The average Bonchev–Trinajstić information content (AvgIpc) is 2.71. The van der Waals surface area contributed by atoms with Crippen molar-refractivity contribution in [2.45, 2.75) is 46.1 Å². The lowest BCUT2D eigenvalue weighted by molar-refractivity contribution is -0.274. The summed E-state index contributed by atoms with van der Waals surface area (Å²) in [6, 6.07) is 11.3. The highest BCUT2D eigenvalue weighted by Gasteiger charge is 2.31. The first-order valence-electron chi connectivity index (χ1n) is 10.5. The molecule has 0 fully saturated rings. The van der Waals surface area contributed by atoms with Gasteiger partial charge in [0.05, 0.1) is 0 Å². The van der Waals surface area contributed by atoms with E-state index in [0.717, 1.165) is 18.7 Å². The number of carbonyl (C=O) groups excluding carboxylic acids is 2. The number of anilines is 2. The SMILES string of the molecule is CC(C)N(CCNC(=O)c1ccc(NC(=O)Nc2ccc(OC(F)(F)F)cc2)cc1)C(C)C. The van der Waals surface area contributed by atoms with Gasteiger partial charge in [0.2, 0.25) is 0 Å². The Labute approximate surface area is 191 Å². The van der Waals surface area contributed by atoms with E-state index in [0.29, 0.717) is 29.9 Å². The number of rotatable bonds is 9. The lowest BCUT2D eigenvalue weighted by Gasteiger charge is -2.30. The number of carbonyl (C=O) groups is 2. The minimum atomic E-state index is -4.78. The fourth-order valence-corrected chi connectivity index (χ4v) is 3.25. The molecule has 33 heavy (non-hydrogen) atoms. The van der Waals surface area contributed by atoms with E-state index in [1.807, 2.05) is 0 Å². The van der Waals surface area contributed by atoms with Gasteiger partial charge in [-0.1, -0.05) is 0 Å². The zero-order valence-corrected chi connectivity index (χ0v) is 19.0. The van der Waals surface area contributed by atoms with E-state index < -0.39 is 12.4 Å². The number of nitrogens with zero attached hydrogens (tertiary/aromatic N) is 1. The summed E-state index contributed by atoms with van der Waals surface area (Å²) >= 11 is 0. The number of amides is 3. The third-order valence-corrected chi connectivity index (χ3v) is 4.73. The molecular formula is C23H29F3N4O3. The van der Waals surface area contributed by atoms with Gasteiger partial charge in [-0.3, -0.25) is 9.69 Å². The highest BCUT2D eigenvalue weighted by Crippen LogP contribution is 2.24. The van der Waals surface area contributed by atoms with E-state index in [4.69, 9.17) is 0 Å². The van der Waals surface area contributed by atoms with Crippen LogP contribution in [-0.2, 0) is 0 Å². The number of benzene rings is 2. The Morgan fingerprint density at radius 1 is 0.879 bits per heavy atom. The van der Waals surface area contributed by atoms with Crippen LogP contribution in [0.1, 0.15) is 38.1 Å². The van der Waals surface area contributed by atoms with Crippen molar-refractivity contribution >= 4 is 23.3 Å². The molecule has 2 aromatic carbocycles. The molecule has 0 atom stereocenters. The molecule has 0 unspecified atom stereocenters. The van der Waals surface area contributed by atoms with E-state index >= 15 is 0 Å². The lowest BCUT2D eigenvalue weighted by atomic mass is 10.2. The molecule has 0 aliphatic rings. The topological polar surface area (TPSA) is 82.7 Å². The van der Waals surface area contributed by atoms with E-state index in [1.54, 1.807) is 24.3 Å². The molecule has 0 aliphatic carbocycles. The summed E-state index contributed by atoms with van der Waals surface area (Å²) in [7, 11) is 0. The van der Waals surface area contributed by atoms with Crippen LogP contribution in [0.2, 0.25) is 0 Å². The molecule has 0 aliphatic heterocycles. The van der Waals surface area contributed by atoms with E-state index in [-0.39, 0.29) is 17.3 Å². The monoisotopic (exact) mass is 466 g/mol. The molecule has 0 aromatic heterocycles. The summed E-state index contributed by atoms with van der Waals surface area (Å²) in [5, 5.41) is 7.99. The lowest BCUT2D eigenvalue weighted by Crippen LogP contribution is -2.42. The third kappa shape index (κ3) is 9.01. The number of halogens is 3. The molecule has 7 nitrogen and oxygen atoms in total. The van der Waals surface area contributed by atoms with Gasteiger partial charge in [-0.25, -0.2) is 4.79 Å². The maximum Gasteiger partial charge on any atom is 0.573 e. The Bertz CT molecular complexity index is 906. The summed E-state index contributed by atoms with van der Waals surface area (Å²) < 4.78 is 40.4. The molecule has 0 radical (unpaired) electrons. The van der Waals surface area contributed by atoms with Gasteiger partial charge in [-0.05, 0) is 76.2 Å². The van der Waals surface area contributed by atoms with Crippen LogP contribution in [0.4, 0.5) is 29.3 Å². The first-order valence-corrected chi connectivity index (χ1v) is 10.5. The van der Waals surface area contributed by atoms with E-state index in [1.165, 1.54) is 12.1 Å². The number of hydrogen-bond acceptors (Lipinski definition) is 4. The second-order valence-corrected chi connectivity index (χ2v) is 7.91. The van der Waals surface area contributed by atoms with Crippen molar-refractivity contribution in [3.05, 3.63) is 54.1 Å². The van der Waals surface area contributed by atoms with Gasteiger partial charge >= 0.3 is 12.4 Å². The molecule has 0 bridgehead atoms. The summed E-state index contributed by atoms with van der Waals surface area (Å²) in [5.41, 5.74) is 1.20. The van der Waals surface area contributed by atoms with Gasteiger partial charge in [-0.15, -0.1) is 13.2 Å². The first kappa shape index (κ1) is 26.0. The normalized spacial score (nSPS) is 11.6. The zero-order valence-electron chi connectivity index (χ0n) is 19.0. The predicted octanol–water partition coefficient (Wildman–Crippen LogP) is 5.08.